The molecular formula is C14H19N5O2. The summed E-state index contributed by atoms with van der Waals surface area (Å²) in [5.74, 6) is -0.980. The van der Waals surface area contributed by atoms with Crippen LogP contribution >= 0.6 is 0 Å². The molecule has 0 aliphatic heterocycles. The number of pyridine rings is 1. The van der Waals surface area contributed by atoms with Gasteiger partial charge in [-0.05, 0) is 25.8 Å². The molecule has 0 amide bonds. The van der Waals surface area contributed by atoms with Gasteiger partial charge in [-0.3, -0.25) is 4.68 Å². The van der Waals surface area contributed by atoms with E-state index in [9.17, 15) is 9.90 Å². The van der Waals surface area contributed by atoms with Crippen molar-refractivity contribution in [1.29, 1.82) is 0 Å². The van der Waals surface area contributed by atoms with Crippen LogP contribution in [0, 0.1) is 0 Å². The molecule has 2 aromatic heterocycles. The number of carbonyl (C=O) groups is 1. The summed E-state index contributed by atoms with van der Waals surface area (Å²) in [5, 5.41) is 20.8. The molecule has 7 heteroatoms. The Morgan fingerprint density at radius 2 is 2.24 bits per heavy atom. The second kappa shape index (κ2) is 5.69. The Hall–Kier alpha value is -2.15. The molecule has 0 radical (unpaired) electrons. The molecule has 1 aliphatic carbocycles. The summed E-state index contributed by atoms with van der Waals surface area (Å²) in [6, 6.07) is 0.700. The number of nitrogens with one attached hydrogen (secondary N) is 2. The molecule has 1 aliphatic rings. The Morgan fingerprint density at radius 3 is 2.95 bits per heavy atom. The maximum absolute atomic E-state index is 11.3. The predicted molar refractivity (Wildman–Crippen MR) is 79.6 cm³/mol. The monoisotopic (exact) mass is 289 g/mol. The molecule has 112 valence electrons. The minimum absolute atomic E-state index is 0.186. The highest BCUT2D eigenvalue weighted by Crippen LogP contribution is 2.25. The Morgan fingerprint density at radius 1 is 1.43 bits per heavy atom. The largest absolute Gasteiger partial charge is 0.478 e. The van der Waals surface area contributed by atoms with Crippen LogP contribution < -0.4 is 10.6 Å². The summed E-state index contributed by atoms with van der Waals surface area (Å²) in [7, 11) is 1.79. The lowest BCUT2D eigenvalue weighted by Crippen LogP contribution is -2.20. The fourth-order valence-corrected chi connectivity index (χ4v) is 2.34. The van der Waals surface area contributed by atoms with Crippen LogP contribution in [0.3, 0.4) is 0 Å². The zero-order valence-corrected chi connectivity index (χ0v) is 12.0. The van der Waals surface area contributed by atoms with E-state index in [0.717, 1.165) is 18.4 Å². The number of aryl methyl sites for hydroxylation is 1. The van der Waals surface area contributed by atoms with Gasteiger partial charge in [0, 0.05) is 25.8 Å². The number of aromatic carboxylic acids is 1. The van der Waals surface area contributed by atoms with Crippen LogP contribution in [-0.2, 0) is 7.05 Å². The molecule has 21 heavy (non-hydrogen) atoms. The molecule has 2 aromatic rings. The molecule has 0 atom stereocenters. The minimum Gasteiger partial charge on any atom is -0.478 e. The number of hydrogen-bond acceptors (Lipinski definition) is 5. The number of carboxylic acid groups (broad SMARTS) is 1. The van der Waals surface area contributed by atoms with Gasteiger partial charge in [-0.2, -0.15) is 5.10 Å². The van der Waals surface area contributed by atoms with E-state index in [1.54, 1.807) is 17.9 Å². The molecule has 2 heterocycles. The second-order valence-corrected chi connectivity index (χ2v) is 5.37. The van der Waals surface area contributed by atoms with Crippen LogP contribution in [0.5, 0.6) is 0 Å². The van der Waals surface area contributed by atoms with E-state index >= 15 is 0 Å². The first kappa shape index (κ1) is 13.8. The standard InChI is InChI=1S/C14H19N5O2/c1-19-13-10(8-18-19)12(11(7-17-13)14(20)21)16-6-2-5-15-9-3-4-9/h7-9,15H,2-6H2,1H3,(H,16,17)(H,20,21). The third-order valence-electron chi connectivity index (χ3n) is 3.66. The lowest BCUT2D eigenvalue weighted by atomic mass is 10.2. The molecule has 1 fully saturated rings. The van der Waals surface area contributed by atoms with Crippen LogP contribution in [0.15, 0.2) is 12.4 Å². The van der Waals surface area contributed by atoms with Crippen molar-refractivity contribution in [3.63, 3.8) is 0 Å². The highest BCUT2D eigenvalue weighted by Gasteiger charge is 2.20. The van der Waals surface area contributed by atoms with Crippen molar-refractivity contribution in [2.45, 2.75) is 25.3 Å². The topological polar surface area (TPSA) is 92.1 Å². The Balaban J connectivity index is 1.73. The molecule has 0 aromatic carbocycles. The van der Waals surface area contributed by atoms with Crippen LogP contribution in [-0.4, -0.2) is 45.0 Å². The number of anilines is 1. The fraction of sp³-hybridized carbons (Fsp3) is 0.500. The van der Waals surface area contributed by atoms with E-state index < -0.39 is 5.97 Å². The van der Waals surface area contributed by atoms with Crippen molar-refractivity contribution in [2.75, 3.05) is 18.4 Å². The predicted octanol–water partition coefficient (Wildman–Crippen LogP) is 1.22. The zero-order chi connectivity index (χ0) is 14.8. The average Bonchev–Trinajstić information content (AvgIpc) is 3.21. The molecule has 7 nitrogen and oxygen atoms in total. The van der Waals surface area contributed by atoms with Gasteiger partial charge in [0.05, 0.1) is 17.3 Å². The third-order valence-corrected chi connectivity index (χ3v) is 3.66. The van der Waals surface area contributed by atoms with Gasteiger partial charge in [0.25, 0.3) is 0 Å². The number of carboxylic acids is 1. The summed E-state index contributed by atoms with van der Waals surface area (Å²) in [6.07, 6.45) is 6.53. The molecular weight excluding hydrogens is 270 g/mol. The fourth-order valence-electron chi connectivity index (χ4n) is 2.34. The van der Waals surface area contributed by atoms with E-state index in [0.29, 0.717) is 23.9 Å². The highest BCUT2D eigenvalue weighted by molar-refractivity contribution is 6.03. The molecule has 0 unspecified atom stereocenters. The van der Waals surface area contributed by atoms with Gasteiger partial charge in [-0.1, -0.05) is 0 Å². The molecule has 3 rings (SSSR count). The quantitative estimate of drug-likeness (QED) is 0.664. The molecule has 0 saturated heterocycles. The smallest absolute Gasteiger partial charge is 0.339 e. The van der Waals surface area contributed by atoms with Crippen LogP contribution in [0.25, 0.3) is 11.0 Å². The van der Waals surface area contributed by atoms with Crippen molar-refractivity contribution in [3.05, 3.63) is 18.0 Å². The van der Waals surface area contributed by atoms with Crippen LogP contribution in [0.4, 0.5) is 5.69 Å². The van der Waals surface area contributed by atoms with Crippen molar-refractivity contribution in [3.8, 4) is 0 Å². The summed E-state index contributed by atoms with van der Waals surface area (Å²) < 4.78 is 1.64. The van der Waals surface area contributed by atoms with E-state index in [1.807, 2.05) is 0 Å². The maximum atomic E-state index is 11.3. The third kappa shape index (κ3) is 2.97. The number of rotatable bonds is 7. The molecule has 0 spiro atoms. The van der Waals surface area contributed by atoms with Gasteiger partial charge in [0.2, 0.25) is 0 Å². The number of nitrogens with zero attached hydrogens (tertiary/aromatic N) is 3. The van der Waals surface area contributed by atoms with Crippen molar-refractivity contribution < 1.29 is 9.90 Å². The van der Waals surface area contributed by atoms with Crippen molar-refractivity contribution in [2.24, 2.45) is 7.05 Å². The minimum atomic E-state index is -0.980. The lowest BCUT2D eigenvalue weighted by Gasteiger charge is -2.11. The van der Waals surface area contributed by atoms with Crippen molar-refractivity contribution in [1.82, 2.24) is 20.1 Å². The van der Waals surface area contributed by atoms with E-state index in [2.05, 4.69) is 20.7 Å². The maximum Gasteiger partial charge on any atom is 0.339 e. The van der Waals surface area contributed by atoms with E-state index in [1.165, 1.54) is 19.0 Å². The van der Waals surface area contributed by atoms with Gasteiger partial charge in [-0.25, -0.2) is 9.78 Å². The Kier molecular flexibility index (Phi) is 3.74. The van der Waals surface area contributed by atoms with E-state index in [-0.39, 0.29) is 5.56 Å². The second-order valence-electron chi connectivity index (χ2n) is 5.37. The average molecular weight is 289 g/mol. The summed E-state index contributed by atoms with van der Waals surface area (Å²) >= 11 is 0. The molecule has 1 saturated carbocycles. The van der Waals surface area contributed by atoms with Gasteiger partial charge in [0.1, 0.15) is 5.56 Å². The Bertz CT molecular complexity index is 663. The number of hydrogen-bond donors (Lipinski definition) is 3. The molecule has 0 bridgehead atoms. The van der Waals surface area contributed by atoms with Gasteiger partial charge >= 0.3 is 5.97 Å². The first-order valence-electron chi connectivity index (χ1n) is 7.18. The van der Waals surface area contributed by atoms with Crippen LogP contribution in [0.2, 0.25) is 0 Å². The summed E-state index contributed by atoms with van der Waals surface area (Å²) in [5.41, 5.74) is 1.47. The normalized spacial score (nSPS) is 14.5. The van der Waals surface area contributed by atoms with Crippen molar-refractivity contribution >= 4 is 22.7 Å². The molecule has 3 N–H and O–H groups in total. The first-order valence-corrected chi connectivity index (χ1v) is 7.18. The summed E-state index contributed by atoms with van der Waals surface area (Å²) in [6.45, 7) is 1.66. The van der Waals surface area contributed by atoms with Gasteiger partial charge in [-0.15, -0.1) is 0 Å². The van der Waals surface area contributed by atoms with Crippen LogP contribution in [0.1, 0.15) is 29.6 Å². The Labute approximate surface area is 122 Å². The van der Waals surface area contributed by atoms with Gasteiger partial charge < -0.3 is 15.7 Å². The lowest BCUT2D eigenvalue weighted by molar-refractivity contribution is 0.0697. The number of fused-ring (bicyclic) bond motifs is 1. The SMILES string of the molecule is Cn1ncc2c(NCCCNC3CC3)c(C(=O)O)cnc21. The first-order chi connectivity index (χ1) is 10.2. The number of aromatic nitrogens is 3. The summed E-state index contributed by atoms with van der Waals surface area (Å²) in [4.78, 5) is 15.5. The zero-order valence-electron chi connectivity index (χ0n) is 12.0. The van der Waals surface area contributed by atoms with E-state index in [4.69, 9.17) is 0 Å². The van der Waals surface area contributed by atoms with Gasteiger partial charge in [0.15, 0.2) is 5.65 Å². The highest BCUT2D eigenvalue weighted by atomic mass is 16.4.